The molecule has 0 fully saturated rings. The summed E-state index contributed by atoms with van der Waals surface area (Å²) in [6, 6.07) is 18.2. The van der Waals surface area contributed by atoms with E-state index < -0.39 is 0 Å². The molecule has 2 aromatic rings. The first kappa shape index (κ1) is 14.4. The standard InChI is InChI=1S/C19H20N2O/c1-2-13-20(15-16-8-4-3-5-9-16)19(22)21-14-12-17-10-6-7-11-18(17)21/h2-11H,1,12-15H2. The smallest absolute Gasteiger partial charge is 0.316 e. The highest BCUT2D eigenvalue weighted by atomic mass is 16.2. The summed E-state index contributed by atoms with van der Waals surface area (Å²) in [6.45, 7) is 5.68. The average molecular weight is 292 g/mol. The predicted octanol–water partition coefficient (Wildman–Crippen LogP) is 3.86. The number of fused-ring (bicyclic) bond motifs is 1. The van der Waals surface area contributed by atoms with Crippen molar-refractivity contribution in [2.75, 3.05) is 18.0 Å². The molecule has 1 heterocycles. The Bertz CT molecular complexity index is 666. The molecule has 0 saturated heterocycles. The van der Waals surface area contributed by atoms with Crippen molar-refractivity contribution in [3.63, 3.8) is 0 Å². The minimum atomic E-state index is 0.0497. The van der Waals surface area contributed by atoms with Gasteiger partial charge in [0.2, 0.25) is 0 Å². The maximum absolute atomic E-state index is 12.9. The van der Waals surface area contributed by atoms with Gasteiger partial charge in [0, 0.05) is 25.3 Å². The molecule has 112 valence electrons. The van der Waals surface area contributed by atoms with Crippen LogP contribution in [0.1, 0.15) is 11.1 Å². The van der Waals surface area contributed by atoms with Crippen molar-refractivity contribution in [3.8, 4) is 0 Å². The minimum absolute atomic E-state index is 0.0497. The molecule has 22 heavy (non-hydrogen) atoms. The average Bonchev–Trinajstić information content (AvgIpc) is 2.99. The third kappa shape index (κ3) is 2.89. The number of carbonyl (C=O) groups is 1. The van der Waals surface area contributed by atoms with E-state index in [1.54, 1.807) is 6.08 Å². The van der Waals surface area contributed by atoms with Crippen molar-refractivity contribution in [1.29, 1.82) is 0 Å². The number of para-hydroxylation sites is 1. The van der Waals surface area contributed by atoms with Crippen molar-refractivity contribution in [3.05, 3.63) is 78.4 Å². The lowest BCUT2D eigenvalue weighted by molar-refractivity contribution is 0.208. The first-order valence-electron chi connectivity index (χ1n) is 7.59. The van der Waals surface area contributed by atoms with Crippen LogP contribution in [0, 0.1) is 0 Å². The van der Waals surface area contributed by atoms with Crippen LogP contribution in [0.15, 0.2) is 67.3 Å². The van der Waals surface area contributed by atoms with E-state index in [1.807, 2.05) is 58.3 Å². The third-order valence-corrected chi connectivity index (χ3v) is 3.95. The zero-order valence-corrected chi connectivity index (χ0v) is 12.6. The van der Waals surface area contributed by atoms with Crippen molar-refractivity contribution in [2.45, 2.75) is 13.0 Å². The number of amides is 2. The van der Waals surface area contributed by atoms with Gasteiger partial charge in [0.1, 0.15) is 0 Å². The Morgan fingerprint density at radius 2 is 1.86 bits per heavy atom. The quantitative estimate of drug-likeness (QED) is 0.785. The van der Waals surface area contributed by atoms with Crippen LogP contribution in [0.5, 0.6) is 0 Å². The van der Waals surface area contributed by atoms with Crippen LogP contribution >= 0.6 is 0 Å². The van der Waals surface area contributed by atoms with E-state index in [9.17, 15) is 4.79 Å². The second-order valence-corrected chi connectivity index (χ2v) is 5.47. The number of benzene rings is 2. The van der Waals surface area contributed by atoms with Gasteiger partial charge in [0.15, 0.2) is 0 Å². The lowest BCUT2D eigenvalue weighted by atomic mass is 10.2. The Hall–Kier alpha value is -2.55. The fourth-order valence-corrected chi connectivity index (χ4v) is 2.88. The number of rotatable bonds is 4. The zero-order chi connectivity index (χ0) is 15.4. The highest BCUT2D eigenvalue weighted by Crippen LogP contribution is 2.28. The summed E-state index contributed by atoms with van der Waals surface area (Å²) in [7, 11) is 0. The summed E-state index contributed by atoms with van der Waals surface area (Å²) in [5.74, 6) is 0. The summed E-state index contributed by atoms with van der Waals surface area (Å²) in [6.07, 6.45) is 2.71. The van der Waals surface area contributed by atoms with Gasteiger partial charge in [-0.25, -0.2) is 4.79 Å². The van der Waals surface area contributed by atoms with Crippen LogP contribution < -0.4 is 4.90 Å². The maximum atomic E-state index is 12.9. The van der Waals surface area contributed by atoms with E-state index in [-0.39, 0.29) is 6.03 Å². The summed E-state index contributed by atoms with van der Waals surface area (Å²) in [5, 5.41) is 0. The number of urea groups is 1. The third-order valence-electron chi connectivity index (χ3n) is 3.95. The molecule has 2 aromatic carbocycles. The Kier molecular flexibility index (Phi) is 4.24. The van der Waals surface area contributed by atoms with E-state index in [0.717, 1.165) is 24.2 Å². The monoisotopic (exact) mass is 292 g/mol. The molecule has 0 spiro atoms. The number of hydrogen-bond acceptors (Lipinski definition) is 1. The topological polar surface area (TPSA) is 23.6 Å². The molecule has 2 amide bonds. The predicted molar refractivity (Wildman–Crippen MR) is 89.9 cm³/mol. The van der Waals surface area contributed by atoms with Gasteiger partial charge in [-0.1, -0.05) is 54.6 Å². The molecule has 0 N–H and O–H groups in total. The van der Waals surface area contributed by atoms with Gasteiger partial charge in [-0.2, -0.15) is 0 Å². The van der Waals surface area contributed by atoms with E-state index >= 15 is 0 Å². The van der Waals surface area contributed by atoms with E-state index in [4.69, 9.17) is 0 Å². The maximum Gasteiger partial charge on any atom is 0.325 e. The van der Waals surface area contributed by atoms with Gasteiger partial charge in [-0.3, -0.25) is 4.90 Å². The SMILES string of the molecule is C=CCN(Cc1ccccc1)C(=O)N1CCc2ccccc21. The van der Waals surface area contributed by atoms with Crippen LogP contribution in [-0.4, -0.2) is 24.0 Å². The molecule has 0 bridgehead atoms. The Morgan fingerprint density at radius 3 is 2.64 bits per heavy atom. The van der Waals surface area contributed by atoms with Crippen molar-refractivity contribution in [1.82, 2.24) is 4.90 Å². The van der Waals surface area contributed by atoms with Gasteiger partial charge in [-0.15, -0.1) is 6.58 Å². The van der Waals surface area contributed by atoms with Gasteiger partial charge < -0.3 is 4.90 Å². The Balaban J connectivity index is 1.80. The van der Waals surface area contributed by atoms with Crippen molar-refractivity contribution < 1.29 is 4.79 Å². The molecule has 3 rings (SSSR count). The molecule has 1 aliphatic heterocycles. The van der Waals surface area contributed by atoms with Crippen LogP contribution in [0.4, 0.5) is 10.5 Å². The van der Waals surface area contributed by atoms with Gasteiger partial charge in [0.25, 0.3) is 0 Å². The van der Waals surface area contributed by atoms with Crippen LogP contribution in [0.3, 0.4) is 0 Å². The molecular formula is C19H20N2O. The minimum Gasteiger partial charge on any atom is -0.316 e. The number of carbonyl (C=O) groups excluding carboxylic acids is 1. The van der Waals surface area contributed by atoms with E-state index in [2.05, 4.69) is 12.6 Å². The van der Waals surface area contributed by atoms with Crippen LogP contribution in [0.25, 0.3) is 0 Å². The first-order valence-corrected chi connectivity index (χ1v) is 7.59. The molecule has 3 nitrogen and oxygen atoms in total. The second kappa shape index (κ2) is 6.48. The van der Waals surface area contributed by atoms with Gasteiger partial charge >= 0.3 is 6.03 Å². The molecule has 0 saturated carbocycles. The summed E-state index contributed by atoms with van der Waals surface area (Å²) in [4.78, 5) is 16.6. The molecule has 0 atom stereocenters. The van der Waals surface area contributed by atoms with Crippen molar-refractivity contribution >= 4 is 11.7 Å². The number of anilines is 1. The fourth-order valence-electron chi connectivity index (χ4n) is 2.88. The molecule has 3 heteroatoms. The summed E-state index contributed by atoms with van der Waals surface area (Å²) < 4.78 is 0. The van der Waals surface area contributed by atoms with Gasteiger partial charge in [-0.05, 0) is 23.6 Å². The summed E-state index contributed by atoms with van der Waals surface area (Å²) in [5.41, 5.74) is 3.41. The molecule has 0 aromatic heterocycles. The molecular weight excluding hydrogens is 272 g/mol. The molecule has 0 unspecified atom stereocenters. The van der Waals surface area contributed by atoms with Crippen LogP contribution in [0.2, 0.25) is 0 Å². The Labute approximate surface area is 131 Å². The number of hydrogen-bond donors (Lipinski definition) is 0. The Morgan fingerprint density at radius 1 is 1.14 bits per heavy atom. The number of nitrogens with zero attached hydrogens (tertiary/aromatic N) is 2. The fraction of sp³-hybridized carbons (Fsp3) is 0.211. The van der Waals surface area contributed by atoms with Crippen molar-refractivity contribution in [2.24, 2.45) is 0 Å². The molecule has 1 aliphatic rings. The lowest BCUT2D eigenvalue weighted by Crippen LogP contribution is -2.42. The van der Waals surface area contributed by atoms with Crippen LogP contribution in [-0.2, 0) is 13.0 Å². The highest BCUT2D eigenvalue weighted by Gasteiger charge is 2.27. The van der Waals surface area contributed by atoms with Gasteiger partial charge in [0.05, 0.1) is 0 Å². The normalized spacial score (nSPS) is 12.8. The molecule has 0 radical (unpaired) electrons. The second-order valence-electron chi connectivity index (χ2n) is 5.47. The highest BCUT2D eigenvalue weighted by molar-refractivity contribution is 5.94. The summed E-state index contributed by atoms with van der Waals surface area (Å²) >= 11 is 0. The zero-order valence-electron chi connectivity index (χ0n) is 12.6. The lowest BCUT2D eigenvalue weighted by Gasteiger charge is -2.27. The largest absolute Gasteiger partial charge is 0.325 e. The molecule has 0 aliphatic carbocycles. The van der Waals surface area contributed by atoms with E-state index in [1.165, 1.54) is 5.56 Å². The first-order chi connectivity index (χ1) is 10.8. The van der Waals surface area contributed by atoms with E-state index in [0.29, 0.717) is 13.1 Å².